The third-order valence-corrected chi connectivity index (χ3v) is 4.50. The highest BCUT2D eigenvalue weighted by atomic mass is 16.3. The van der Waals surface area contributed by atoms with Gasteiger partial charge in [0.05, 0.1) is 6.10 Å². The fourth-order valence-corrected chi connectivity index (χ4v) is 3.20. The molecular formula is C17H22N2O2. The molecular weight excluding hydrogens is 264 g/mol. The monoisotopic (exact) mass is 286 g/mol. The summed E-state index contributed by atoms with van der Waals surface area (Å²) in [4.78, 5) is 12.3. The molecule has 1 amide bonds. The molecule has 0 aliphatic heterocycles. The molecule has 4 nitrogen and oxygen atoms in total. The first-order valence-electron chi connectivity index (χ1n) is 7.68. The van der Waals surface area contributed by atoms with Crippen molar-refractivity contribution in [2.75, 3.05) is 0 Å². The third kappa shape index (κ3) is 2.95. The molecule has 1 aliphatic carbocycles. The molecule has 0 saturated heterocycles. The van der Waals surface area contributed by atoms with Crippen LogP contribution in [-0.4, -0.2) is 27.7 Å². The van der Waals surface area contributed by atoms with Gasteiger partial charge >= 0.3 is 0 Å². The van der Waals surface area contributed by atoms with Crippen LogP contribution in [0.15, 0.2) is 36.5 Å². The van der Waals surface area contributed by atoms with Crippen molar-refractivity contribution in [1.82, 2.24) is 9.88 Å². The smallest absolute Gasteiger partial charge is 0.240 e. The number of aliphatic hydroxyl groups excluding tert-OH is 1. The molecule has 2 aromatic rings. The second kappa shape index (κ2) is 5.90. The number of nitrogens with one attached hydrogen (secondary N) is 1. The molecule has 1 aromatic carbocycles. The number of para-hydroxylation sites is 1. The summed E-state index contributed by atoms with van der Waals surface area (Å²) in [5, 5.41) is 13.7. The third-order valence-electron chi connectivity index (χ3n) is 4.50. The van der Waals surface area contributed by atoms with Crippen molar-refractivity contribution in [2.24, 2.45) is 5.92 Å². The largest absolute Gasteiger partial charge is 0.393 e. The molecule has 1 heterocycles. The Kier molecular flexibility index (Phi) is 3.97. The highest BCUT2D eigenvalue weighted by Crippen LogP contribution is 2.31. The fraction of sp³-hybridized carbons (Fsp3) is 0.471. The van der Waals surface area contributed by atoms with Crippen LogP contribution in [0.4, 0.5) is 0 Å². The van der Waals surface area contributed by atoms with E-state index in [-0.39, 0.29) is 18.1 Å². The molecule has 1 atom stereocenters. The Morgan fingerprint density at radius 1 is 1.38 bits per heavy atom. The highest BCUT2D eigenvalue weighted by molar-refractivity contribution is 5.83. The van der Waals surface area contributed by atoms with E-state index in [0.717, 1.165) is 30.2 Å². The number of hydrogen-bond acceptors (Lipinski definition) is 2. The number of aliphatic hydroxyl groups is 1. The second-order valence-corrected chi connectivity index (χ2v) is 5.97. The van der Waals surface area contributed by atoms with E-state index in [1.54, 1.807) is 0 Å². The summed E-state index contributed by atoms with van der Waals surface area (Å²) in [6.07, 6.45) is 4.32. The Morgan fingerprint density at radius 2 is 2.14 bits per heavy atom. The molecule has 2 N–H and O–H groups in total. The van der Waals surface area contributed by atoms with Gasteiger partial charge in [-0.1, -0.05) is 25.1 Å². The van der Waals surface area contributed by atoms with E-state index in [2.05, 4.69) is 12.2 Å². The summed E-state index contributed by atoms with van der Waals surface area (Å²) in [5.41, 5.74) is 1.08. The standard InChI is InChI=1S/C17H22N2O2/c1-2-15(13-9-14(20)10-13)18-17(21)11-19-8-7-12-5-3-4-6-16(12)19/h3-8,13-15,20H,2,9-11H2,1H3,(H,18,21). The van der Waals surface area contributed by atoms with Gasteiger partial charge in [0, 0.05) is 17.8 Å². The van der Waals surface area contributed by atoms with E-state index < -0.39 is 0 Å². The second-order valence-electron chi connectivity index (χ2n) is 5.97. The van der Waals surface area contributed by atoms with Crippen molar-refractivity contribution in [2.45, 2.75) is 44.9 Å². The predicted octanol–water partition coefficient (Wildman–Crippen LogP) is 2.31. The van der Waals surface area contributed by atoms with Crippen molar-refractivity contribution < 1.29 is 9.90 Å². The van der Waals surface area contributed by atoms with Crippen molar-refractivity contribution in [3.63, 3.8) is 0 Å². The molecule has 0 radical (unpaired) electrons. The zero-order chi connectivity index (χ0) is 14.8. The summed E-state index contributed by atoms with van der Waals surface area (Å²) >= 11 is 0. The van der Waals surface area contributed by atoms with Gasteiger partial charge in [0.2, 0.25) is 5.91 Å². The van der Waals surface area contributed by atoms with Gasteiger partial charge in [0.25, 0.3) is 0 Å². The molecule has 1 unspecified atom stereocenters. The zero-order valence-corrected chi connectivity index (χ0v) is 12.3. The van der Waals surface area contributed by atoms with E-state index >= 15 is 0 Å². The lowest BCUT2D eigenvalue weighted by atomic mass is 9.76. The van der Waals surface area contributed by atoms with Crippen LogP contribution < -0.4 is 5.32 Å². The molecule has 21 heavy (non-hydrogen) atoms. The average Bonchev–Trinajstić information content (AvgIpc) is 2.85. The SMILES string of the molecule is CCC(NC(=O)Cn1ccc2ccccc21)C1CC(O)C1. The first-order valence-corrected chi connectivity index (χ1v) is 7.68. The first kappa shape index (κ1) is 14.1. The molecule has 3 rings (SSSR count). The average molecular weight is 286 g/mol. The molecule has 4 heteroatoms. The number of aromatic nitrogens is 1. The molecule has 1 aliphatic rings. The van der Waals surface area contributed by atoms with Crippen LogP contribution >= 0.6 is 0 Å². The number of rotatable bonds is 5. The minimum atomic E-state index is -0.172. The van der Waals surface area contributed by atoms with Gasteiger partial charge < -0.3 is 15.0 Å². The number of benzene rings is 1. The van der Waals surface area contributed by atoms with Gasteiger partial charge in [-0.05, 0) is 42.7 Å². The van der Waals surface area contributed by atoms with Crippen molar-refractivity contribution in [3.8, 4) is 0 Å². The molecule has 1 aromatic heterocycles. The van der Waals surface area contributed by atoms with Crippen LogP contribution in [0.2, 0.25) is 0 Å². The van der Waals surface area contributed by atoms with Crippen LogP contribution in [0, 0.1) is 5.92 Å². The van der Waals surface area contributed by atoms with Gasteiger partial charge in [0.15, 0.2) is 0 Å². The van der Waals surface area contributed by atoms with Crippen molar-refractivity contribution >= 4 is 16.8 Å². The van der Waals surface area contributed by atoms with Crippen molar-refractivity contribution in [1.29, 1.82) is 0 Å². The molecule has 1 saturated carbocycles. The van der Waals surface area contributed by atoms with Crippen LogP contribution in [-0.2, 0) is 11.3 Å². The van der Waals surface area contributed by atoms with Gasteiger partial charge in [-0.2, -0.15) is 0 Å². The summed E-state index contributed by atoms with van der Waals surface area (Å²) in [6.45, 7) is 2.43. The molecule has 0 bridgehead atoms. The fourth-order valence-electron chi connectivity index (χ4n) is 3.20. The molecule has 112 valence electrons. The van der Waals surface area contributed by atoms with Gasteiger partial charge in [-0.25, -0.2) is 0 Å². The maximum absolute atomic E-state index is 12.3. The zero-order valence-electron chi connectivity index (χ0n) is 12.3. The van der Waals surface area contributed by atoms with Gasteiger partial charge in [-0.3, -0.25) is 4.79 Å². The normalized spacial score (nSPS) is 22.8. The summed E-state index contributed by atoms with van der Waals surface area (Å²) in [5.74, 6) is 0.472. The van der Waals surface area contributed by atoms with Crippen molar-refractivity contribution in [3.05, 3.63) is 36.5 Å². The van der Waals surface area contributed by atoms with E-state index in [4.69, 9.17) is 0 Å². The van der Waals surface area contributed by atoms with Crippen LogP contribution in [0.25, 0.3) is 10.9 Å². The Balaban J connectivity index is 1.63. The van der Waals surface area contributed by atoms with E-state index in [0.29, 0.717) is 12.5 Å². The number of carbonyl (C=O) groups excluding carboxylic acids is 1. The first-order chi connectivity index (χ1) is 10.2. The van der Waals surface area contributed by atoms with E-state index in [1.807, 2.05) is 41.1 Å². The lowest BCUT2D eigenvalue weighted by Gasteiger charge is -2.37. The minimum Gasteiger partial charge on any atom is -0.393 e. The Labute approximate surface area is 124 Å². The summed E-state index contributed by atoms with van der Waals surface area (Å²) in [7, 11) is 0. The maximum Gasteiger partial charge on any atom is 0.240 e. The van der Waals surface area contributed by atoms with Crippen LogP contribution in [0.3, 0.4) is 0 Å². The number of nitrogens with zero attached hydrogens (tertiary/aromatic N) is 1. The summed E-state index contributed by atoms with van der Waals surface area (Å²) in [6, 6.07) is 10.3. The Bertz CT molecular complexity index is 629. The predicted molar refractivity (Wildman–Crippen MR) is 82.9 cm³/mol. The lowest BCUT2D eigenvalue weighted by Crippen LogP contribution is -2.47. The number of hydrogen-bond donors (Lipinski definition) is 2. The van der Waals surface area contributed by atoms with Crippen LogP contribution in [0.5, 0.6) is 0 Å². The number of carbonyl (C=O) groups is 1. The minimum absolute atomic E-state index is 0.0459. The van der Waals surface area contributed by atoms with Gasteiger partial charge in [0.1, 0.15) is 6.54 Å². The van der Waals surface area contributed by atoms with E-state index in [1.165, 1.54) is 0 Å². The van der Waals surface area contributed by atoms with Gasteiger partial charge in [-0.15, -0.1) is 0 Å². The van der Waals surface area contributed by atoms with Crippen LogP contribution in [0.1, 0.15) is 26.2 Å². The Morgan fingerprint density at radius 3 is 2.86 bits per heavy atom. The van der Waals surface area contributed by atoms with E-state index in [9.17, 15) is 9.90 Å². The molecule has 0 spiro atoms. The topological polar surface area (TPSA) is 54.3 Å². The highest BCUT2D eigenvalue weighted by Gasteiger charge is 2.33. The number of fused-ring (bicyclic) bond motifs is 1. The molecule has 1 fully saturated rings. The quantitative estimate of drug-likeness (QED) is 0.886. The number of amides is 1. The Hall–Kier alpha value is -1.81. The lowest BCUT2D eigenvalue weighted by molar-refractivity contribution is -0.123. The summed E-state index contributed by atoms with van der Waals surface area (Å²) < 4.78 is 1.98. The maximum atomic E-state index is 12.3.